The summed E-state index contributed by atoms with van der Waals surface area (Å²) in [5.41, 5.74) is 1.14. The number of hydrogen-bond donors (Lipinski definition) is 1. The van der Waals surface area contributed by atoms with E-state index in [2.05, 4.69) is 29.9 Å². The van der Waals surface area contributed by atoms with Gasteiger partial charge < -0.3 is 9.47 Å². The average Bonchev–Trinajstić information content (AvgIpc) is 3.28. The van der Waals surface area contributed by atoms with Crippen LogP contribution in [0.25, 0.3) is 17.2 Å². The zero-order valence-electron chi connectivity index (χ0n) is 20.0. The van der Waals surface area contributed by atoms with Gasteiger partial charge in [0.25, 0.3) is 0 Å². The van der Waals surface area contributed by atoms with Gasteiger partial charge in [-0.3, -0.25) is 9.29 Å². The summed E-state index contributed by atoms with van der Waals surface area (Å²) in [6, 6.07) is 10.8. The second-order valence-electron chi connectivity index (χ2n) is 7.83. The van der Waals surface area contributed by atoms with Crippen LogP contribution in [0.1, 0.15) is 24.4 Å². The molecule has 0 amide bonds. The lowest BCUT2D eigenvalue weighted by Gasteiger charge is -2.22. The van der Waals surface area contributed by atoms with E-state index < -0.39 is 27.2 Å². The van der Waals surface area contributed by atoms with Crippen molar-refractivity contribution < 1.29 is 22.3 Å². The Kier molecular flexibility index (Phi) is 7.22. The van der Waals surface area contributed by atoms with Gasteiger partial charge in [0, 0.05) is 25.6 Å². The number of methoxy groups -OCH3 is 2. The van der Waals surface area contributed by atoms with Crippen LogP contribution >= 0.6 is 0 Å². The molecule has 3 aromatic heterocycles. The van der Waals surface area contributed by atoms with E-state index in [9.17, 15) is 12.8 Å². The highest BCUT2D eigenvalue weighted by atomic mass is 32.2. The summed E-state index contributed by atoms with van der Waals surface area (Å²) in [4.78, 5) is 12.7. The molecule has 0 saturated carbocycles. The summed E-state index contributed by atoms with van der Waals surface area (Å²) in [6.45, 7) is 3.27. The van der Waals surface area contributed by atoms with Crippen LogP contribution in [-0.2, 0) is 14.8 Å². The molecule has 0 radical (unpaired) electrons. The summed E-state index contributed by atoms with van der Waals surface area (Å²) in [6.07, 6.45) is 2.17. The SMILES string of the molecule is COc1cccc(-c2nnc(NS(=O)(=O)C(C)C(OC)c3ncc(C)cn3)n2-c2ccccc2F)n1. The quantitative estimate of drug-likeness (QED) is 0.358. The number of nitrogens with zero attached hydrogens (tertiary/aromatic N) is 6. The smallest absolute Gasteiger partial charge is 0.243 e. The molecule has 2 unspecified atom stereocenters. The molecule has 13 heteroatoms. The van der Waals surface area contributed by atoms with Gasteiger partial charge in [0.1, 0.15) is 22.9 Å². The number of anilines is 1. The van der Waals surface area contributed by atoms with Crippen molar-refractivity contribution >= 4 is 16.0 Å². The minimum Gasteiger partial charge on any atom is -0.481 e. The summed E-state index contributed by atoms with van der Waals surface area (Å²) in [5, 5.41) is 6.96. The van der Waals surface area contributed by atoms with Crippen molar-refractivity contribution in [2.45, 2.75) is 25.2 Å². The van der Waals surface area contributed by atoms with E-state index in [1.54, 1.807) is 36.7 Å². The molecule has 1 N–H and O–H groups in total. The van der Waals surface area contributed by atoms with Crippen molar-refractivity contribution in [1.29, 1.82) is 0 Å². The molecule has 0 saturated heterocycles. The van der Waals surface area contributed by atoms with Gasteiger partial charge in [0.2, 0.25) is 21.9 Å². The van der Waals surface area contributed by atoms with Crippen LogP contribution in [0.2, 0.25) is 0 Å². The molecule has 0 aliphatic carbocycles. The molecular formula is C23H24FN7O4S. The number of ether oxygens (including phenoxy) is 2. The highest BCUT2D eigenvalue weighted by molar-refractivity contribution is 7.93. The molecule has 3 heterocycles. The molecule has 0 spiro atoms. The van der Waals surface area contributed by atoms with Crippen LogP contribution in [0.3, 0.4) is 0 Å². The van der Waals surface area contributed by atoms with Crippen molar-refractivity contribution in [1.82, 2.24) is 29.7 Å². The molecule has 1 aromatic carbocycles. The van der Waals surface area contributed by atoms with Crippen LogP contribution in [0.15, 0.2) is 54.9 Å². The highest BCUT2D eigenvalue weighted by Crippen LogP contribution is 2.29. The van der Waals surface area contributed by atoms with Crippen LogP contribution in [-0.4, -0.2) is 57.6 Å². The zero-order valence-corrected chi connectivity index (χ0v) is 20.8. The maximum atomic E-state index is 14.9. The summed E-state index contributed by atoms with van der Waals surface area (Å²) in [7, 11) is -1.33. The Labute approximate surface area is 207 Å². The molecule has 0 aliphatic rings. The first-order valence-electron chi connectivity index (χ1n) is 10.8. The molecular weight excluding hydrogens is 489 g/mol. The third-order valence-corrected chi connectivity index (χ3v) is 7.07. The number of pyridine rings is 1. The van der Waals surface area contributed by atoms with Crippen LogP contribution in [0.5, 0.6) is 5.88 Å². The number of para-hydroxylation sites is 1. The molecule has 2 atom stereocenters. The number of nitrogens with one attached hydrogen (secondary N) is 1. The fraction of sp³-hybridized carbons (Fsp3) is 0.261. The molecule has 4 rings (SSSR count). The third kappa shape index (κ3) is 5.02. The zero-order chi connectivity index (χ0) is 25.9. The molecule has 36 heavy (non-hydrogen) atoms. The van der Waals surface area contributed by atoms with Crippen molar-refractivity contribution in [3.8, 4) is 23.1 Å². The largest absolute Gasteiger partial charge is 0.481 e. The third-order valence-electron chi connectivity index (χ3n) is 5.38. The first kappa shape index (κ1) is 25.1. The number of benzene rings is 1. The van der Waals surface area contributed by atoms with Crippen LogP contribution in [0.4, 0.5) is 10.3 Å². The fourth-order valence-corrected chi connectivity index (χ4v) is 4.60. The number of halogens is 1. The molecule has 0 bridgehead atoms. The number of aryl methyl sites for hydroxylation is 1. The molecule has 11 nitrogen and oxygen atoms in total. The molecule has 0 aliphatic heterocycles. The minimum absolute atomic E-state index is 0.0256. The van der Waals surface area contributed by atoms with Gasteiger partial charge in [-0.1, -0.05) is 18.2 Å². The standard InChI is InChI=1S/C23H24FN7O4S/c1-14-12-25-21(26-13-14)20(35-4)15(2)36(32,33)30-23-29-28-22(17-9-7-11-19(27-17)34-3)31(23)18-10-6-5-8-16(18)24/h5-13,15,20H,1-4H3,(H,29,30). The van der Waals surface area contributed by atoms with Crippen molar-refractivity contribution in [2.24, 2.45) is 0 Å². The van der Waals surface area contributed by atoms with Gasteiger partial charge in [-0.2, -0.15) is 0 Å². The second kappa shape index (κ2) is 10.3. The van der Waals surface area contributed by atoms with Crippen LogP contribution in [0, 0.1) is 12.7 Å². The Morgan fingerprint density at radius 2 is 1.75 bits per heavy atom. The van der Waals surface area contributed by atoms with Gasteiger partial charge in [0.15, 0.2) is 11.6 Å². The van der Waals surface area contributed by atoms with E-state index in [-0.39, 0.29) is 23.3 Å². The van der Waals surface area contributed by atoms with E-state index in [1.165, 1.54) is 43.9 Å². The van der Waals surface area contributed by atoms with Gasteiger partial charge in [-0.25, -0.2) is 27.8 Å². The predicted octanol–water partition coefficient (Wildman–Crippen LogP) is 3.09. The topological polar surface area (TPSA) is 134 Å². The Balaban J connectivity index is 1.77. The Morgan fingerprint density at radius 3 is 2.42 bits per heavy atom. The number of aromatic nitrogens is 6. The predicted molar refractivity (Wildman–Crippen MR) is 130 cm³/mol. The van der Waals surface area contributed by atoms with Crippen molar-refractivity contribution in [2.75, 3.05) is 18.9 Å². The van der Waals surface area contributed by atoms with E-state index in [0.717, 1.165) is 5.56 Å². The van der Waals surface area contributed by atoms with E-state index in [1.807, 2.05) is 6.92 Å². The van der Waals surface area contributed by atoms with Gasteiger partial charge in [-0.15, -0.1) is 10.2 Å². The Bertz CT molecular complexity index is 1460. The fourth-order valence-electron chi connectivity index (χ4n) is 3.47. The first-order chi connectivity index (χ1) is 17.2. The van der Waals surface area contributed by atoms with E-state index in [0.29, 0.717) is 11.6 Å². The Morgan fingerprint density at radius 1 is 1.03 bits per heavy atom. The molecule has 4 aromatic rings. The van der Waals surface area contributed by atoms with E-state index in [4.69, 9.17) is 9.47 Å². The summed E-state index contributed by atoms with van der Waals surface area (Å²) in [5.74, 6) is -0.233. The van der Waals surface area contributed by atoms with Gasteiger partial charge in [-0.05, 0) is 37.6 Å². The van der Waals surface area contributed by atoms with Gasteiger partial charge >= 0.3 is 0 Å². The number of sulfonamides is 1. The second-order valence-corrected chi connectivity index (χ2v) is 9.86. The monoisotopic (exact) mass is 513 g/mol. The molecule has 0 fully saturated rings. The average molecular weight is 514 g/mol. The lowest BCUT2D eigenvalue weighted by Crippen LogP contribution is -2.33. The van der Waals surface area contributed by atoms with E-state index >= 15 is 0 Å². The lowest BCUT2D eigenvalue weighted by atomic mass is 10.2. The summed E-state index contributed by atoms with van der Waals surface area (Å²) < 4.78 is 55.9. The van der Waals surface area contributed by atoms with Crippen molar-refractivity contribution in [3.05, 3.63) is 72.1 Å². The highest BCUT2D eigenvalue weighted by Gasteiger charge is 2.34. The number of hydrogen-bond acceptors (Lipinski definition) is 9. The normalized spacial score (nSPS) is 13.2. The maximum Gasteiger partial charge on any atom is 0.243 e. The van der Waals surface area contributed by atoms with Crippen molar-refractivity contribution in [3.63, 3.8) is 0 Å². The number of rotatable bonds is 9. The Hall–Kier alpha value is -3.97. The first-order valence-corrected chi connectivity index (χ1v) is 12.3. The summed E-state index contributed by atoms with van der Waals surface area (Å²) >= 11 is 0. The van der Waals surface area contributed by atoms with Crippen LogP contribution < -0.4 is 9.46 Å². The lowest BCUT2D eigenvalue weighted by molar-refractivity contribution is 0.0949. The van der Waals surface area contributed by atoms with Gasteiger partial charge in [0.05, 0.1) is 12.8 Å². The maximum absolute atomic E-state index is 14.9. The molecule has 188 valence electrons. The minimum atomic E-state index is -4.15.